The minimum absolute atomic E-state index is 0.0338. The van der Waals surface area contributed by atoms with Gasteiger partial charge in [0, 0.05) is 25.3 Å². The molecule has 0 bridgehead atoms. The van der Waals surface area contributed by atoms with Gasteiger partial charge in [-0.15, -0.1) is 0 Å². The van der Waals surface area contributed by atoms with Gasteiger partial charge in [-0.3, -0.25) is 4.79 Å². The molecule has 2 aromatic rings. The van der Waals surface area contributed by atoms with E-state index in [9.17, 15) is 22.0 Å². The first-order valence-corrected chi connectivity index (χ1v) is 9.36. The van der Waals surface area contributed by atoms with E-state index in [0.717, 1.165) is 4.31 Å². The van der Waals surface area contributed by atoms with Crippen molar-refractivity contribution >= 4 is 21.6 Å². The number of halogens is 2. The third-order valence-electron chi connectivity index (χ3n) is 3.98. The lowest BCUT2D eigenvalue weighted by molar-refractivity contribution is -0.0498. The van der Waals surface area contributed by atoms with Crippen molar-refractivity contribution in [2.75, 3.05) is 19.4 Å². The lowest BCUT2D eigenvalue weighted by Gasteiger charge is -2.16. The van der Waals surface area contributed by atoms with Crippen molar-refractivity contribution in [1.82, 2.24) is 4.31 Å². The molecule has 0 aliphatic heterocycles. The molecule has 146 valence electrons. The number of carbonyl (C=O) groups excluding carboxylic acids is 1. The Morgan fingerprint density at radius 2 is 1.70 bits per heavy atom. The van der Waals surface area contributed by atoms with Crippen LogP contribution < -0.4 is 10.1 Å². The maximum absolute atomic E-state index is 12.5. The summed E-state index contributed by atoms with van der Waals surface area (Å²) in [6.07, 6.45) is 0. The second-order valence-electron chi connectivity index (χ2n) is 6.06. The Labute approximate surface area is 156 Å². The number of amides is 1. The molecule has 1 N–H and O–H groups in total. The summed E-state index contributed by atoms with van der Waals surface area (Å²) in [4.78, 5) is 12.6. The summed E-state index contributed by atoms with van der Waals surface area (Å²) in [5, 5.41) is 2.60. The summed E-state index contributed by atoms with van der Waals surface area (Å²) in [5.41, 5.74) is 1.75. The molecule has 0 aliphatic carbocycles. The fourth-order valence-electron chi connectivity index (χ4n) is 2.35. The highest BCUT2D eigenvalue weighted by molar-refractivity contribution is 7.89. The molecule has 27 heavy (non-hydrogen) atoms. The number of nitrogens with zero attached hydrogens (tertiary/aromatic N) is 1. The van der Waals surface area contributed by atoms with E-state index in [0.29, 0.717) is 16.8 Å². The van der Waals surface area contributed by atoms with Gasteiger partial charge < -0.3 is 10.1 Å². The van der Waals surface area contributed by atoms with Crippen LogP contribution in [-0.2, 0) is 10.0 Å². The lowest BCUT2D eigenvalue weighted by atomic mass is 10.1. The van der Waals surface area contributed by atoms with Crippen molar-refractivity contribution in [1.29, 1.82) is 0 Å². The fraction of sp³-hybridized carbons (Fsp3) is 0.278. The quantitative estimate of drug-likeness (QED) is 0.809. The first-order chi connectivity index (χ1) is 12.5. The highest BCUT2D eigenvalue weighted by atomic mass is 32.2. The van der Waals surface area contributed by atoms with Crippen molar-refractivity contribution in [3.63, 3.8) is 0 Å². The van der Waals surface area contributed by atoms with Gasteiger partial charge >= 0.3 is 6.61 Å². The summed E-state index contributed by atoms with van der Waals surface area (Å²) in [6, 6.07) is 8.32. The molecule has 0 heterocycles. The van der Waals surface area contributed by atoms with Crippen molar-refractivity contribution in [2.45, 2.75) is 25.4 Å². The number of benzene rings is 2. The number of aryl methyl sites for hydroxylation is 1. The second kappa shape index (κ2) is 8.01. The van der Waals surface area contributed by atoms with Gasteiger partial charge in [0.1, 0.15) is 5.75 Å². The van der Waals surface area contributed by atoms with Crippen LogP contribution in [-0.4, -0.2) is 39.3 Å². The topological polar surface area (TPSA) is 75.7 Å². The average Bonchev–Trinajstić information content (AvgIpc) is 2.58. The monoisotopic (exact) mass is 398 g/mol. The molecule has 9 heteroatoms. The number of anilines is 1. The molecule has 0 saturated heterocycles. The van der Waals surface area contributed by atoms with Gasteiger partial charge in [-0.25, -0.2) is 12.7 Å². The van der Waals surface area contributed by atoms with Gasteiger partial charge in [-0.05, 0) is 61.4 Å². The van der Waals surface area contributed by atoms with Gasteiger partial charge in [-0.2, -0.15) is 8.78 Å². The van der Waals surface area contributed by atoms with Gasteiger partial charge in [0.2, 0.25) is 10.0 Å². The Hall–Kier alpha value is -2.52. The van der Waals surface area contributed by atoms with Crippen molar-refractivity contribution < 1.29 is 26.7 Å². The van der Waals surface area contributed by atoms with Gasteiger partial charge in [-0.1, -0.05) is 0 Å². The van der Waals surface area contributed by atoms with Crippen molar-refractivity contribution in [3.05, 3.63) is 53.1 Å². The molecule has 2 rings (SSSR count). The van der Waals surface area contributed by atoms with Crippen LogP contribution in [0.15, 0.2) is 41.3 Å². The van der Waals surface area contributed by atoms with E-state index in [1.807, 2.05) is 0 Å². The van der Waals surface area contributed by atoms with Crippen LogP contribution in [0.2, 0.25) is 0 Å². The molecule has 0 fully saturated rings. The van der Waals surface area contributed by atoms with Crippen LogP contribution in [0.1, 0.15) is 21.5 Å². The van der Waals surface area contributed by atoms with Crippen molar-refractivity contribution in [3.8, 4) is 5.75 Å². The van der Waals surface area contributed by atoms with Crippen LogP contribution in [0.3, 0.4) is 0 Å². The normalized spacial score (nSPS) is 11.7. The zero-order chi connectivity index (χ0) is 20.4. The molecule has 0 spiro atoms. The predicted molar refractivity (Wildman–Crippen MR) is 97.8 cm³/mol. The minimum Gasteiger partial charge on any atom is -0.435 e. The van der Waals surface area contributed by atoms with Gasteiger partial charge in [0.25, 0.3) is 5.91 Å². The number of alkyl halides is 2. The molecule has 6 nitrogen and oxygen atoms in total. The molecule has 0 radical (unpaired) electrons. The van der Waals surface area contributed by atoms with E-state index in [-0.39, 0.29) is 16.2 Å². The molecule has 0 aromatic heterocycles. The highest BCUT2D eigenvalue weighted by Crippen LogP contribution is 2.24. The maximum atomic E-state index is 12.5. The Bertz CT molecular complexity index is 943. The summed E-state index contributed by atoms with van der Waals surface area (Å²) < 4.78 is 54.6. The number of rotatable bonds is 6. The van der Waals surface area contributed by atoms with E-state index >= 15 is 0 Å². The first-order valence-electron chi connectivity index (χ1n) is 7.92. The number of hydrogen-bond acceptors (Lipinski definition) is 4. The van der Waals surface area contributed by atoms with Crippen LogP contribution in [0, 0.1) is 13.8 Å². The molecule has 0 atom stereocenters. The van der Waals surface area contributed by atoms with E-state index in [1.165, 1.54) is 44.4 Å². The van der Waals surface area contributed by atoms with Crippen LogP contribution >= 0.6 is 0 Å². The lowest BCUT2D eigenvalue weighted by Crippen LogP contribution is -2.24. The number of sulfonamides is 1. The number of carbonyl (C=O) groups is 1. The van der Waals surface area contributed by atoms with E-state index in [4.69, 9.17) is 0 Å². The summed E-state index contributed by atoms with van der Waals surface area (Å²) >= 11 is 0. The molecular formula is C18H20F2N2O4S. The third-order valence-corrected chi connectivity index (χ3v) is 5.92. The molecule has 0 saturated carbocycles. The Kier molecular flexibility index (Phi) is 6.17. The van der Waals surface area contributed by atoms with Gasteiger partial charge in [0.15, 0.2) is 0 Å². The SMILES string of the molecule is Cc1cc(C(=O)Nc2ccc(OC(F)F)cc2)cc(S(=O)(=O)N(C)C)c1C. The highest BCUT2D eigenvalue weighted by Gasteiger charge is 2.23. The zero-order valence-corrected chi connectivity index (χ0v) is 16.1. The molecule has 0 unspecified atom stereocenters. The number of nitrogens with one attached hydrogen (secondary N) is 1. The summed E-state index contributed by atoms with van der Waals surface area (Å²) in [5.74, 6) is -0.552. The predicted octanol–water partition coefficient (Wildman–Crippen LogP) is 3.41. The van der Waals surface area contributed by atoms with E-state index < -0.39 is 22.5 Å². The van der Waals surface area contributed by atoms with Crippen LogP contribution in [0.4, 0.5) is 14.5 Å². The third kappa shape index (κ3) is 4.81. The number of hydrogen-bond donors (Lipinski definition) is 1. The largest absolute Gasteiger partial charge is 0.435 e. The molecular weight excluding hydrogens is 378 g/mol. The minimum atomic E-state index is -3.71. The van der Waals surface area contributed by atoms with Gasteiger partial charge in [0.05, 0.1) is 4.90 Å². The molecule has 1 amide bonds. The average molecular weight is 398 g/mol. The van der Waals surface area contributed by atoms with E-state index in [2.05, 4.69) is 10.1 Å². The smallest absolute Gasteiger partial charge is 0.387 e. The number of ether oxygens (including phenoxy) is 1. The Morgan fingerprint density at radius 1 is 1.11 bits per heavy atom. The van der Waals surface area contributed by atoms with Crippen LogP contribution in [0.5, 0.6) is 5.75 Å². The summed E-state index contributed by atoms with van der Waals surface area (Å²) in [7, 11) is -0.877. The molecule has 2 aromatic carbocycles. The Balaban J connectivity index is 2.30. The van der Waals surface area contributed by atoms with E-state index in [1.54, 1.807) is 19.9 Å². The standard InChI is InChI=1S/C18H20F2N2O4S/c1-11-9-13(10-16(12(11)2)27(24,25)22(3)4)17(23)21-14-5-7-15(8-6-14)26-18(19)20/h5-10,18H,1-4H3,(H,21,23). The molecule has 0 aliphatic rings. The zero-order valence-electron chi connectivity index (χ0n) is 15.3. The fourth-order valence-corrected chi connectivity index (χ4v) is 3.56. The Morgan fingerprint density at radius 3 is 2.22 bits per heavy atom. The summed E-state index contributed by atoms with van der Waals surface area (Å²) in [6.45, 7) is 0.463. The van der Waals surface area contributed by atoms with Crippen molar-refractivity contribution in [2.24, 2.45) is 0 Å². The van der Waals surface area contributed by atoms with Crippen LogP contribution in [0.25, 0.3) is 0 Å². The second-order valence-corrected chi connectivity index (χ2v) is 8.18. The first kappa shape index (κ1) is 20.8. The maximum Gasteiger partial charge on any atom is 0.387 e.